The molecule has 17 heavy (non-hydrogen) atoms. The number of rotatable bonds is 4. The van der Waals surface area contributed by atoms with Crippen LogP contribution >= 0.6 is 0 Å². The van der Waals surface area contributed by atoms with Crippen LogP contribution in [-0.2, 0) is 4.79 Å². The van der Waals surface area contributed by atoms with Crippen LogP contribution in [0.25, 0.3) is 0 Å². The van der Waals surface area contributed by atoms with Gasteiger partial charge in [0.05, 0.1) is 0 Å². The molecule has 2 unspecified atom stereocenters. The number of nitrogens with two attached hydrogens (primary N) is 1. The molecule has 98 valence electrons. The molecule has 2 fully saturated rings. The first kappa shape index (κ1) is 12.8. The molecule has 0 radical (unpaired) electrons. The molecule has 2 atom stereocenters. The van der Waals surface area contributed by atoms with Crippen molar-refractivity contribution in [3.63, 3.8) is 0 Å². The van der Waals surface area contributed by atoms with Crippen molar-refractivity contribution in [3.05, 3.63) is 0 Å². The molecule has 1 aliphatic heterocycles. The van der Waals surface area contributed by atoms with E-state index < -0.39 is 0 Å². The Morgan fingerprint density at radius 3 is 2.65 bits per heavy atom. The van der Waals surface area contributed by atoms with Gasteiger partial charge in [-0.1, -0.05) is 6.92 Å². The zero-order valence-corrected chi connectivity index (χ0v) is 11.1. The fourth-order valence-corrected chi connectivity index (χ4v) is 2.71. The Morgan fingerprint density at radius 2 is 2.12 bits per heavy atom. The Morgan fingerprint density at radius 1 is 1.41 bits per heavy atom. The Kier molecular flexibility index (Phi) is 4.05. The maximum atomic E-state index is 12.1. The second-order valence-electron chi connectivity index (χ2n) is 5.52. The number of nitrogens with zero attached hydrogens (tertiary/aromatic N) is 2. The minimum absolute atomic E-state index is 0.0991. The molecular formula is C13H25N3O. The van der Waals surface area contributed by atoms with Crippen molar-refractivity contribution in [1.29, 1.82) is 0 Å². The number of amides is 1. The minimum atomic E-state index is 0.0991. The zero-order valence-electron chi connectivity index (χ0n) is 11.1. The predicted octanol–water partition coefficient (Wildman–Crippen LogP) is 0.666. The van der Waals surface area contributed by atoms with E-state index in [0.29, 0.717) is 18.4 Å². The first-order chi connectivity index (χ1) is 8.11. The van der Waals surface area contributed by atoms with Crippen molar-refractivity contribution in [3.8, 4) is 0 Å². The van der Waals surface area contributed by atoms with Gasteiger partial charge in [-0.05, 0) is 32.2 Å². The number of carbonyl (C=O) groups excluding carboxylic acids is 1. The molecule has 2 rings (SSSR count). The SMILES string of the molecule is CCN1CCN(C(=O)CC(N)C2CC2)CC1C. The van der Waals surface area contributed by atoms with E-state index in [1.165, 1.54) is 12.8 Å². The molecule has 2 aliphatic rings. The van der Waals surface area contributed by atoms with Crippen LogP contribution in [0.4, 0.5) is 0 Å². The van der Waals surface area contributed by atoms with Crippen molar-refractivity contribution in [2.75, 3.05) is 26.2 Å². The van der Waals surface area contributed by atoms with Gasteiger partial charge < -0.3 is 10.6 Å². The Hall–Kier alpha value is -0.610. The summed E-state index contributed by atoms with van der Waals surface area (Å²) in [5.41, 5.74) is 6.02. The maximum Gasteiger partial charge on any atom is 0.224 e. The summed E-state index contributed by atoms with van der Waals surface area (Å²) in [5.74, 6) is 0.875. The summed E-state index contributed by atoms with van der Waals surface area (Å²) in [6.45, 7) is 8.19. The van der Waals surface area contributed by atoms with Gasteiger partial charge in [0, 0.05) is 38.1 Å². The highest BCUT2D eigenvalue weighted by molar-refractivity contribution is 5.77. The van der Waals surface area contributed by atoms with Crippen molar-refractivity contribution >= 4 is 5.91 Å². The van der Waals surface area contributed by atoms with Crippen molar-refractivity contribution < 1.29 is 4.79 Å². The van der Waals surface area contributed by atoms with Gasteiger partial charge in [-0.15, -0.1) is 0 Å². The molecule has 1 saturated carbocycles. The highest BCUT2D eigenvalue weighted by Gasteiger charge is 2.32. The van der Waals surface area contributed by atoms with Crippen molar-refractivity contribution in [1.82, 2.24) is 9.80 Å². The van der Waals surface area contributed by atoms with Crippen LogP contribution in [0.5, 0.6) is 0 Å². The standard InChI is InChI=1S/C13H25N3O/c1-3-15-6-7-16(9-10(15)2)13(17)8-12(14)11-4-5-11/h10-12H,3-9,14H2,1-2H3. The van der Waals surface area contributed by atoms with E-state index in [-0.39, 0.29) is 11.9 Å². The van der Waals surface area contributed by atoms with Gasteiger partial charge in [0.25, 0.3) is 0 Å². The van der Waals surface area contributed by atoms with Gasteiger partial charge in [0.15, 0.2) is 0 Å². The number of likely N-dealkylation sites (N-methyl/N-ethyl adjacent to an activating group) is 1. The normalized spacial score (nSPS) is 28.2. The average molecular weight is 239 g/mol. The molecule has 0 aromatic rings. The second kappa shape index (κ2) is 5.36. The van der Waals surface area contributed by atoms with Gasteiger partial charge in [-0.2, -0.15) is 0 Å². The zero-order chi connectivity index (χ0) is 12.4. The molecule has 1 amide bonds. The summed E-state index contributed by atoms with van der Waals surface area (Å²) in [7, 11) is 0. The minimum Gasteiger partial charge on any atom is -0.340 e. The Bertz CT molecular complexity index is 278. The fraction of sp³-hybridized carbons (Fsp3) is 0.923. The van der Waals surface area contributed by atoms with E-state index >= 15 is 0 Å². The number of piperazine rings is 1. The summed E-state index contributed by atoms with van der Waals surface area (Å²) in [6, 6.07) is 0.580. The first-order valence-corrected chi connectivity index (χ1v) is 6.89. The van der Waals surface area contributed by atoms with Crippen LogP contribution in [0.3, 0.4) is 0 Å². The monoisotopic (exact) mass is 239 g/mol. The molecule has 2 N–H and O–H groups in total. The summed E-state index contributed by atoms with van der Waals surface area (Å²) in [4.78, 5) is 16.5. The largest absolute Gasteiger partial charge is 0.340 e. The van der Waals surface area contributed by atoms with E-state index in [0.717, 1.165) is 26.2 Å². The summed E-state index contributed by atoms with van der Waals surface area (Å²) in [6.07, 6.45) is 2.98. The second-order valence-corrected chi connectivity index (χ2v) is 5.52. The summed E-state index contributed by atoms with van der Waals surface area (Å²) < 4.78 is 0. The van der Waals surface area contributed by atoms with E-state index in [9.17, 15) is 4.79 Å². The molecule has 0 bridgehead atoms. The molecule has 4 nitrogen and oxygen atoms in total. The van der Waals surface area contributed by atoms with E-state index in [1.54, 1.807) is 0 Å². The predicted molar refractivity (Wildman–Crippen MR) is 68.6 cm³/mol. The lowest BCUT2D eigenvalue weighted by atomic mass is 10.1. The fourth-order valence-electron chi connectivity index (χ4n) is 2.71. The Labute approximate surface area is 104 Å². The van der Waals surface area contributed by atoms with Crippen LogP contribution in [0.2, 0.25) is 0 Å². The molecule has 0 aromatic carbocycles. The molecule has 4 heteroatoms. The van der Waals surface area contributed by atoms with E-state index in [4.69, 9.17) is 5.73 Å². The van der Waals surface area contributed by atoms with Crippen LogP contribution < -0.4 is 5.73 Å². The topological polar surface area (TPSA) is 49.6 Å². The molecule has 0 aromatic heterocycles. The third kappa shape index (κ3) is 3.19. The molecular weight excluding hydrogens is 214 g/mol. The highest BCUT2D eigenvalue weighted by Crippen LogP contribution is 2.33. The lowest BCUT2D eigenvalue weighted by molar-refractivity contribution is -0.134. The summed E-state index contributed by atoms with van der Waals surface area (Å²) in [5, 5.41) is 0. The molecule has 1 aliphatic carbocycles. The first-order valence-electron chi connectivity index (χ1n) is 6.89. The number of carbonyl (C=O) groups is 1. The van der Waals surface area contributed by atoms with Crippen LogP contribution in [-0.4, -0.2) is 54.0 Å². The van der Waals surface area contributed by atoms with E-state index in [1.807, 2.05) is 4.90 Å². The van der Waals surface area contributed by atoms with Gasteiger partial charge in [-0.25, -0.2) is 0 Å². The van der Waals surface area contributed by atoms with Crippen molar-refractivity contribution in [2.45, 2.75) is 45.2 Å². The van der Waals surface area contributed by atoms with Gasteiger partial charge >= 0.3 is 0 Å². The molecule has 1 saturated heterocycles. The lowest BCUT2D eigenvalue weighted by Crippen LogP contribution is -2.54. The van der Waals surface area contributed by atoms with Crippen molar-refractivity contribution in [2.24, 2.45) is 11.7 Å². The highest BCUT2D eigenvalue weighted by atomic mass is 16.2. The van der Waals surface area contributed by atoms with Gasteiger partial charge in [-0.3, -0.25) is 9.69 Å². The quantitative estimate of drug-likeness (QED) is 0.784. The maximum absolute atomic E-state index is 12.1. The van der Waals surface area contributed by atoms with Gasteiger partial charge in [0.1, 0.15) is 0 Å². The third-order valence-corrected chi connectivity index (χ3v) is 4.16. The average Bonchev–Trinajstić information content (AvgIpc) is 3.12. The lowest BCUT2D eigenvalue weighted by Gasteiger charge is -2.39. The van der Waals surface area contributed by atoms with Crippen LogP contribution in [0.1, 0.15) is 33.1 Å². The van der Waals surface area contributed by atoms with Crippen LogP contribution in [0, 0.1) is 5.92 Å². The Balaban J connectivity index is 1.79. The summed E-state index contributed by atoms with van der Waals surface area (Å²) >= 11 is 0. The van der Waals surface area contributed by atoms with Crippen LogP contribution in [0.15, 0.2) is 0 Å². The molecule has 0 spiro atoms. The number of hydrogen-bond donors (Lipinski definition) is 1. The van der Waals surface area contributed by atoms with E-state index in [2.05, 4.69) is 18.7 Å². The third-order valence-electron chi connectivity index (χ3n) is 4.16. The molecule has 1 heterocycles. The smallest absolute Gasteiger partial charge is 0.224 e. The van der Waals surface area contributed by atoms with Gasteiger partial charge in [0.2, 0.25) is 5.91 Å². The number of hydrogen-bond acceptors (Lipinski definition) is 3.